The Morgan fingerprint density at radius 3 is 1.43 bits per heavy atom. The molecule has 0 heteroatoms. The SMILES string of the molecule is Cc1ccc(C)c(-c2cccc(-c3cc(C)ccc3C)c2-c2ccccc2)c1. The summed E-state index contributed by atoms with van der Waals surface area (Å²) in [5.74, 6) is 0. The fourth-order valence-corrected chi connectivity index (χ4v) is 3.97. The van der Waals surface area contributed by atoms with Gasteiger partial charge in [-0.15, -0.1) is 0 Å². The van der Waals surface area contributed by atoms with Crippen LogP contribution in [-0.4, -0.2) is 0 Å². The zero-order valence-corrected chi connectivity index (χ0v) is 17.1. The maximum absolute atomic E-state index is 2.31. The van der Waals surface area contributed by atoms with Gasteiger partial charge in [-0.3, -0.25) is 0 Å². The first kappa shape index (κ1) is 18.3. The van der Waals surface area contributed by atoms with Crippen molar-refractivity contribution in [1.82, 2.24) is 0 Å². The van der Waals surface area contributed by atoms with E-state index >= 15 is 0 Å². The Kier molecular flexibility index (Phi) is 4.88. The summed E-state index contributed by atoms with van der Waals surface area (Å²) in [4.78, 5) is 0. The molecule has 0 atom stereocenters. The molecular formula is C28H26. The molecule has 0 aliphatic carbocycles. The van der Waals surface area contributed by atoms with Crippen LogP contribution in [-0.2, 0) is 0 Å². The maximum Gasteiger partial charge on any atom is -0.00266 e. The van der Waals surface area contributed by atoms with E-state index in [1.54, 1.807) is 0 Å². The molecule has 0 saturated carbocycles. The average molecular weight is 363 g/mol. The molecule has 28 heavy (non-hydrogen) atoms. The van der Waals surface area contributed by atoms with Crippen molar-refractivity contribution < 1.29 is 0 Å². The number of hydrogen-bond donors (Lipinski definition) is 0. The van der Waals surface area contributed by atoms with Crippen LogP contribution in [0.1, 0.15) is 22.3 Å². The van der Waals surface area contributed by atoms with Crippen LogP contribution in [0.15, 0.2) is 84.9 Å². The van der Waals surface area contributed by atoms with Gasteiger partial charge in [0.05, 0.1) is 0 Å². The summed E-state index contributed by atoms with van der Waals surface area (Å²) >= 11 is 0. The van der Waals surface area contributed by atoms with Crippen molar-refractivity contribution in [3.05, 3.63) is 107 Å². The van der Waals surface area contributed by atoms with E-state index in [2.05, 4.69) is 113 Å². The molecule has 4 rings (SSSR count). The third kappa shape index (κ3) is 3.39. The van der Waals surface area contributed by atoms with E-state index in [9.17, 15) is 0 Å². The Morgan fingerprint density at radius 1 is 0.429 bits per heavy atom. The molecule has 0 aromatic heterocycles. The molecule has 4 aromatic carbocycles. The second kappa shape index (κ2) is 7.48. The highest BCUT2D eigenvalue weighted by atomic mass is 14.2. The zero-order valence-electron chi connectivity index (χ0n) is 17.1. The minimum atomic E-state index is 1.26. The summed E-state index contributed by atoms with van der Waals surface area (Å²) in [6, 6.07) is 31.0. The monoisotopic (exact) mass is 362 g/mol. The average Bonchev–Trinajstić information content (AvgIpc) is 2.72. The molecule has 138 valence electrons. The first-order valence-electron chi connectivity index (χ1n) is 9.88. The van der Waals surface area contributed by atoms with Crippen molar-refractivity contribution in [1.29, 1.82) is 0 Å². The first-order chi connectivity index (χ1) is 13.5. The molecule has 0 nitrogen and oxygen atoms in total. The minimum Gasteiger partial charge on any atom is -0.0622 e. The normalized spacial score (nSPS) is 10.9. The molecule has 0 fully saturated rings. The summed E-state index contributed by atoms with van der Waals surface area (Å²) in [5, 5.41) is 0. The van der Waals surface area contributed by atoms with Crippen LogP contribution in [0.2, 0.25) is 0 Å². The smallest absolute Gasteiger partial charge is 0.00266 e. The molecular weight excluding hydrogens is 336 g/mol. The van der Waals surface area contributed by atoms with Crippen LogP contribution in [0.25, 0.3) is 33.4 Å². The third-order valence-corrected chi connectivity index (χ3v) is 5.49. The lowest BCUT2D eigenvalue weighted by Gasteiger charge is -2.19. The van der Waals surface area contributed by atoms with Gasteiger partial charge in [0, 0.05) is 0 Å². The van der Waals surface area contributed by atoms with Crippen LogP contribution in [0.4, 0.5) is 0 Å². The molecule has 0 bridgehead atoms. The Hall–Kier alpha value is -3.12. The van der Waals surface area contributed by atoms with Crippen molar-refractivity contribution in [2.75, 3.05) is 0 Å². The Morgan fingerprint density at radius 2 is 0.929 bits per heavy atom. The van der Waals surface area contributed by atoms with Gasteiger partial charge in [0.1, 0.15) is 0 Å². The topological polar surface area (TPSA) is 0 Å². The molecule has 0 aliphatic heterocycles. The van der Waals surface area contributed by atoms with Gasteiger partial charge in [-0.05, 0) is 72.2 Å². The van der Waals surface area contributed by atoms with E-state index < -0.39 is 0 Å². The van der Waals surface area contributed by atoms with Crippen LogP contribution >= 0.6 is 0 Å². The quantitative estimate of drug-likeness (QED) is 0.347. The standard InChI is InChI=1S/C28H26/c1-19-13-15-21(3)26(17-19)24-11-8-12-25(27-18-20(2)14-16-22(27)4)28(24)23-9-6-5-7-10-23/h5-18H,1-4H3. The van der Waals surface area contributed by atoms with Gasteiger partial charge in [0.2, 0.25) is 0 Å². The van der Waals surface area contributed by atoms with Crippen molar-refractivity contribution in [3.8, 4) is 33.4 Å². The molecule has 0 radical (unpaired) electrons. The lowest BCUT2D eigenvalue weighted by Crippen LogP contribution is -1.94. The highest BCUT2D eigenvalue weighted by molar-refractivity contribution is 5.95. The highest BCUT2D eigenvalue weighted by Gasteiger charge is 2.16. The molecule has 0 spiro atoms. The molecule has 0 amide bonds. The van der Waals surface area contributed by atoms with Gasteiger partial charge in [-0.1, -0.05) is 96.1 Å². The van der Waals surface area contributed by atoms with Crippen molar-refractivity contribution in [2.24, 2.45) is 0 Å². The maximum atomic E-state index is 2.31. The van der Waals surface area contributed by atoms with E-state index in [0.29, 0.717) is 0 Å². The molecule has 0 N–H and O–H groups in total. The molecule has 0 heterocycles. The number of benzene rings is 4. The van der Waals surface area contributed by atoms with E-state index in [-0.39, 0.29) is 0 Å². The Labute approximate surface area is 168 Å². The largest absolute Gasteiger partial charge is 0.0622 e. The fraction of sp³-hybridized carbons (Fsp3) is 0.143. The Bertz CT molecular complexity index is 1060. The minimum absolute atomic E-state index is 1.26. The predicted molar refractivity (Wildman–Crippen MR) is 122 cm³/mol. The number of hydrogen-bond acceptors (Lipinski definition) is 0. The highest BCUT2D eigenvalue weighted by Crippen LogP contribution is 2.42. The Balaban J connectivity index is 2.09. The summed E-state index contributed by atoms with van der Waals surface area (Å²) in [6.07, 6.45) is 0. The van der Waals surface area contributed by atoms with Crippen molar-refractivity contribution >= 4 is 0 Å². The number of aryl methyl sites for hydroxylation is 4. The molecule has 4 aromatic rings. The van der Waals surface area contributed by atoms with E-state index in [0.717, 1.165) is 0 Å². The summed E-state index contributed by atoms with van der Waals surface area (Å²) in [7, 11) is 0. The van der Waals surface area contributed by atoms with Crippen LogP contribution in [0.5, 0.6) is 0 Å². The second-order valence-corrected chi connectivity index (χ2v) is 7.73. The van der Waals surface area contributed by atoms with Gasteiger partial charge in [-0.2, -0.15) is 0 Å². The van der Waals surface area contributed by atoms with Crippen molar-refractivity contribution in [2.45, 2.75) is 27.7 Å². The van der Waals surface area contributed by atoms with Gasteiger partial charge in [0.15, 0.2) is 0 Å². The van der Waals surface area contributed by atoms with E-state index in [1.165, 1.54) is 55.6 Å². The second-order valence-electron chi connectivity index (χ2n) is 7.73. The van der Waals surface area contributed by atoms with Crippen LogP contribution < -0.4 is 0 Å². The third-order valence-electron chi connectivity index (χ3n) is 5.49. The van der Waals surface area contributed by atoms with Crippen LogP contribution in [0, 0.1) is 27.7 Å². The molecule has 0 saturated heterocycles. The lowest BCUT2D eigenvalue weighted by molar-refractivity contribution is 1.38. The zero-order chi connectivity index (χ0) is 19.7. The lowest BCUT2D eigenvalue weighted by atomic mass is 9.84. The molecule has 0 unspecified atom stereocenters. The van der Waals surface area contributed by atoms with Crippen LogP contribution in [0.3, 0.4) is 0 Å². The molecule has 0 aliphatic rings. The number of rotatable bonds is 3. The van der Waals surface area contributed by atoms with Gasteiger partial charge in [0.25, 0.3) is 0 Å². The van der Waals surface area contributed by atoms with E-state index in [4.69, 9.17) is 0 Å². The van der Waals surface area contributed by atoms with Gasteiger partial charge < -0.3 is 0 Å². The van der Waals surface area contributed by atoms with E-state index in [1.807, 2.05) is 0 Å². The first-order valence-corrected chi connectivity index (χ1v) is 9.88. The summed E-state index contributed by atoms with van der Waals surface area (Å²) in [5.41, 5.74) is 13.0. The van der Waals surface area contributed by atoms with Gasteiger partial charge in [-0.25, -0.2) is 0 Å². The van der Waals surface area contributed by atoms with Crippen molar-refractivity contribution in [3.63, 3.8) is 0 Å². The predicted octanol–water partition coefficient (Wildman–Crippen LogP) is 7.92. The fourth-order valence-electron chi connectivity index (χ4n) is 3.97. The van der Waals surface area contributed by atoms with Gasteiger partial charge >= 0.3 is 0 Å². The summed E-state index contributed by atoms with van der Waals surface area (Å²) in [6.45, 7) is 8.74. The summed E-state index contributed by atoms with van der Waals surface area (Å²) < 4.78 is 0.